The van der Waals surface area contributed by atoms with Crippen LogP contribution in [0.3, 0.4) is 0 Å². The van der Waals surface area contributed by atoms with Gasteiger partial charge in [0, 0.05) is 21.6 Å². The molecule has 0 saturated heterocycles. The summed E-state index contributed by atoms with van der Waals surface area (Å²) in [5.41, 5.74) is 2.65. The summed E-state index contributed by atoms with van der Waals surface area (Å²) in [5.74, 6) is 1.11. The van der Waals surface area contributed by atoms with Crippen LogP contribution in [0.4, 0.5) is 4.39 Å². The zero-order valence-corrected chi connectivity index (χ0v) is 18.4. The predicted octanol–water partition coefficient (Wildman–Crippen LogP) is 6.16. The van der Waals surface area contributed by atoms with Gasteiger partial charge in [0.2, 0.25) is 0 Å². The van der Waals surface area contributed by atoms with Crippen LogP contribution in [0.1, 0.15) is 16.7 Å². The third-order valence-electron chi connectivity index (χ3n) is 4.52. The van der Waals surface area contributed by atoms with Crippen LogP contribution in [0, 0.1) is 5.82 Å². The van der Waals surface area contributed by atoms with E-state index in [9.17, 15) is 4.39 Å². The molecule has 3 nitrogen and oxygen atoms in total. The Labute approximate surface area is 183 Å². The van der Waals surface area contributed by atoms with Crippen LogP contribution in [0.25, 0.3) is 0 Å². The van der Waals surface area contributed by atoms with Crippen molar-refractivity contribution >= 4 is 27.5 Å². The summed E-state index contributed by atoms with van der Waals surface area (Å²) in [7, 11) is 1.61. The van der Waals surface area contributed by atoms with Gasteiger partial charge in [-0.2, -0.15) is 0 Å². The zero-order chi connectivity index (χ0) is 20.6. The molecule has 0 saturated carbocycles. The lowest BCUT2D eigenvalue weighted by Crippen LogP contribution is -2.17. The van der Waals surface area contributed by atoms with Crippen molar-refractivity contribution in [2.45, 2.75) is 19.6 Å². The van der Waals surface area contributed by atoms with Crippen LogP contribution in [0.2, 0.25) is 5.02 Å². The summed E-state index contributed by atoms with van der Waals surface area (Å²) >= 11 is 9.79. The van der Waals surface area contributed by atoms with E-state index in [0.29, 0.717) is 48.2 Å². The number of methoxy groups -OCH3 is 1. The first-order valence-electron chi connectivity index (χ1n) is 9.25. The number of hydrogen-bond donors (Lipinski definition) is 1. The van der Waals surface area contributed by atoms with Crippen LogP contribution >= 0.6 is 27.5 Å². The summed E-state index contributed by atoms with van der Waals surface area (Å²) in [6.45, 7) is 1.64. The molecule has 6 heteroatoms. The summed E-state index contributed by atoms with van der Waals surface area (Å²) < 4.78 is 26.0. The maximum atomic E-state index is 13.7. The molecule has 0 aromatic heterocycles. The van der Waals surface area contributed by atoms with Gasteiger partial charge in [-0.15, -0.1) is 0 Å². The Morgan fingerprint density at radius 1 is 0.966 bits per heavy atom. The lowest BCUT2D eigenvalue weighted by Gasteiger charge is -2.15. The van der Waals surface area contributed by atoms with Crippen molar-refractivity contribution in [3.63, 3.8) is 0 Å². The Morgan fingerprint density at radius 3 is 2.41 bits per heavy atom. The molecule has 1 N–H and O–H groups in total. The molecule has 0 aliphatic heterocycles. The number of hydrogen-bond acceptors (Lipinski definition) is 3. The molecule has 152 valence electrons. The number of halogens is 3. The van der Waals surface area contributed by atoms with E-state index in [1.54, 1.807) is 19.2 Å². The molecule has 29 heavy (non-hydrogen) atoms. The second-order valence-electron chi connectivity index (χ2n) is 6.49. The Hall–Kier alpha value is -2.08. The molecule has 0 unspecified atom stereocenters. The molecule has 3 rings (SSSR count). The van der Waals surface area contributed by atoms with E-state index in [0.717, 1.165) is 15.6 Å². The highest BCUT2D eigenvalue weighted by Gasteiger charge is 2.11. The fourth-order valence-electron chi connectivity index (χ4n) is 2.90. The average molecular weight is 479 g/mol. The summed E-state index contributed by atoms with van der Waals surface area (Å²) in [6.07, 6.45) is 0.625. The van der Waals surface area contributed by atoms with E-state index in [4.69, 9.17) is 21.1 Å². The van der Waals surface area contributed by atoms with E-state index < -0.39 is 0 Å². The number of benzene rings is 3. The molecule has 0 bridgehead atoms. The zero-order valence-electron chi connectivity index (χ0n) is 16.1. The van der Waals surface area contributed by atoms with Gasteiger partial charge in [0.15, 0.2) is 11.5 Å². The van der Waals surface area contributed by atoms with Crippen molar-refractivity contribution in [2.24, 2.45) is 0 Å². The van der Waals surface area contributed by atoms with Gasteiger partial charge in [0.1, 0.15) is 12.4 Å². The predicted molar refractivity (Wildman–Crippen MR) is 118 cm³/mol. The van der Waals surface area contributed by atoms with Crippen molar-refractivity contribution in [1.82, 2.24) is 5.32 Å². The minimum Gasteiger partial charge on any atom is -0.493 e. The molecular weight excluding hydrogens is 457 g/mol. The fourth-order valence-corrected chi connectivity index (χ4v) is 3.56. The summed E-state index contributed by atoms with van der Waals surface area (Å²) in [4.78, 5) is 0. The minimum atomic E-state index is -0.169. The van der Waals surface area contributed by atoms with Crippen molar-refractivity contribution in [2.75, 3.05) is 13.7 Å². The lowest BCUT2D eigenvalue weighted by atomic mass is 10.1. The van der Waals surface area contributed by atoms with Gasteiger partial charge in [0.25, 0.3) is 0 Å². The maximum absolute atomic E-state index is 13.7. The van der Waals surface area contributed by atoms with E-state index in [2.05, 4.69) is 21.2 Å². The molecule has 0 amide bonds. The smallest absolute Gasteiger partial charge is 0.162 e. The van der Waals surface area contributed by atoms with Crippen LogP contribution < -0.4 is 14.8 Å². The minimum absolute atomic E-state index is 0.169. The topological polar surface area (TPSA) is 30.5 Å². The third kappa shape index (κ3) is 5.95. The molecule has 0 atom stereocenters. The normalized spacial score (nSPS) is 10.8. The molecule has 0 spiro atoms. The van der Waals surface area contributed by atoms with Crippen LogP contribution in [-0.2, 0) is 19.6 Å². The highest BCUT2D eigenvalue weighted by atomic mass is 79.9. The quantitative estimate of drug-likeness (QED) is 0.374. The molecule has 3 aromatic rings. The first-order valence-corrected chi connectivity index (χ1v) is 10.4. The molecule has 0 radical (unpaired) electrons. The standard InChI is InChI=1S/C23H22BrClFNO2/c1-28-22-12-18(14-27-11-10-16-6-3-5-9-21(16)26)19(24)13-23(22)29-15-17-7-2-4-8-20(17)25/h2-9,12-13,27H,10-11,14-15H2,1H3. The first kappa shape index (κ1) is 21.6. The number of rotatable bonds is 9. The van der Waals surface area contributed by atoms with Crippen molar-refractivity contribution in [3.05, 3.63) is 92.7 Å². The molecule has 0 fully saturated rings. The van der Waals surface area contributed by atoms with E-state index >= 15 is 0 Å². The maximum Gasteiger partial charge on any atom is 0.162 e. The second-order valence-corrected chi connectivity index (χ2v) is 7.75. The largest absolute Gasteiger partial charge is 0.493 e. The van der Waals surface area contributed by atoms with Crippen LogP contribution in [-0.4, -0.2) is 13.7 Å². The van der Waals surface area contributed by atoms with Gasteiger partial charge >= 0.3 is 0 Å². The number of nitrogens with one attached hydrogen (secondary N) is 1. The second kappa shape index (κ2) is 10.6. The average Bonchev–Trinajstić information content (AvgIpc) is 2.73. The Morgan fingerprint density at radius 2 is 1.69 bits per heavy atom. The SMILES string of the molecule is COc1cc(CNCCc2ccccc2F)c(Br)cc1OCc1ccccc1Cl. The monoisotopic (exact) mass is 477 g/mol. The van der Waals surface area contributed by atoms with Crippen molar-refractivity contribution in [3.8, 4) is 11.5 Å². The highest BCUT2D eigenvalue weighted by Crippen LogP contribution is 2.34. The Balaban J connectivity index is 1.60. The van der Waals surface area contributed by atoms with Gasteiger partial charge in [-0.1, -0.05) is 63.9 Å². The van der Waals surface area contributed by atoms with Gasteiger partial charge in [-0.3, -0.25) is 0 Å². The Kier molecular flexibility index (Phi) is 7.92. The molecule has 0 aliphatic rings. The summed E-state index contributed by atoms with van der Waals surface area (Å²) in [5, 5.41) is 4.01. The molecule has 0 heterocycles. The van der Waals surface area contributed by atoms with Gasteiger partial charge in [-0.25, -0.2) is 4.39 Å². The van der Waals surface area contributed by atoms with Crippen molar-refractivity contribution < 1.29 is 13.9 Å². The summed E-state index contributed by atoms with van der Waals surface area (Å²) in [6, 6.07) is 18.2. The molecular formula is C23H22BrClFNO2. The van der Waals surface area contributed by atoms with Crippen molar-refractivity contribution in [1.29, 1.82) is 0 Å². The van der Waals surface area contributed by atoms with Crippen LogP contribution in [0.5, 0.6) is 11.5 Å². The first-order chi connectivity index (χ1) is 14.1. The van der Waals surface area contributed by atoms with Gasteiger partial charge in [0.05, 0.1) is 7.11 Å². The lowest BCUT2D eigenvalue weighted by molar-refractivity contribution is 0.284. The fraction of sp³-hybridized carbons (Fsp3) is 0.217. The van der Waals surface area contributed by atoms with Gasteiger partial charge < -0.3 is 14.8 Å². The third-order valence-corrected chi connectivity index (χ3v) is 5.63. The van der Waals surface area contributed by atoms with Gasteiger partial charge in [-0.05, 0) is 48.4 Å². The highest BCUT2D eigenvalue weighted by molar-refractivity contribution is 9.10. The molecule has 3 aromatic carbocycles. The molecule has 0 aliphatic carbocycles. The van der Waals surface area contributed by atoms with E-state index in [-0.39, 0.29) is 5.82 Å². The Bertz CT molecular complexity index is 967. The van der Waals surface area contributed by atoms with E-state index in [1.165, 1.54) is 6.07 Å². The van der Waals surface area contributed by atoms with E-state index in [1.807, 2.05) is 42.5 Å². The van der Waals surface area contributed by atoms with Crippen LogP contribution in [0.15, 0.2) is 65.1 Å². The number of ether oxygens (including phenoxy) is 2.